The van der Waals surface area contributed by atoms with Gasteiger partial charge in [0.15, 0.2) is 0 Å². The summed E-state index contributed by atoms with van der Waals surface area (Å²) >= 11 is 0. The van der Waals surface area contributed by atoms with E-state index < -0.39 is 12.7 Å². The number of rotatable bonds is 8. The van der Waals surface area contributed by atoms with Crippen molar-refractivity contribution in [1.82, 2.24) is 14.8 Å². The number of fused-ring (bicyclic) bond motifs is 1. The number of aldehydes is 1. The number of carbonyl (C=O) groups excluding carboxylic acids is 1. The monoisotopic (exact) mass is 557 g/mol. The Morgan fingerprint density at radius 2 is 1.82 bits per heavy atom. The van der Waals surface area contributed by atoms with Crippen LogP contribution in [-0.2, 0) is 6.54 Å². The Bertz CT molecular complexity index is 1320. The highest BCUT2D eigenvalue weighted by molar-refractivity contribution is 5.94. The van der Waals surface area contributed by atoms with Crippen LogP contribution in [0.1, 0.15) is 35.8 Å². The van der Waals surface area contributed by atoms with Gasteiger partial charge in [-0.3, -0.25) is 4.79 Å². The molecule has 216 valence electrons. The van der Waals surface area contributed by atoms with E-state index in [1.165, 1.54) is 11.7 Å². The predicted octanol–water partition coefficient (Wildman–Crippen LogP) is 5.22. The molecule has 40 heavy (non-hydrogen) atoms. The van der Waals surface area contributed by atoms with Crippen LogP contribution in [0, 0.1) is 11.8 Å². The van der Waals surface area contributed by atoms with Gasteiger partial charge in [-0.15, -0.1) is 0 Å². The van der Waals surface area contributed by atoms with Crippen LogP contribution in [0.2, 0.25) is 0 Å². The fourth-order valence-corrected chi connectivity index (χ4v) is 4.68. The highest BCUT2D eigenvalue weighted by Crippen LogP contribution is 2.31. The number of piperidine rings is 1. The molecule has 3 aromatic rings. The molecule has 1 aromatic heterocycles. The molecular weight excluding hydrogens is 519 g/mol. The molecule has 1 aliphatic rings. The Labute approximate surface area is 234 Å². The average molecular weight is 558 g/mol. The van der Waals surface area contributed by atoms with E-state index in [0.29, 0.717) is 28.2 Å². The molecule has 0 radical (unpaired) electrons. The van der Waals surface area contributed by atoms with Crippen LogP contribution in [0.5, 0.6) is 5.75 Å². The molecule has 10 heteroatoms. The van der Waals surface area contributed by atoms with E-state index in [-0.39, 0.29) is 12.6 Å². The predicted molar refractivity (Wildman–Crippen MR) is 155 cm³/mol. The first-order valence-electron chi connectivity index (χ1n) is 13.3. The summed E-state index contributed by atoms with van der Waals surface area (Å²) in [6, 6.07) is 12.4. The molecule has 1 fully saturated rings. The molecule has 0 amide bonds. The van der Waals surface area contributed by atoms with Gasteiger partial charge in [0.1, 0.15) is 18.6 Å². The molecule has 0 aliphatic carbocycles. The van der Waals surface area contributed by atoms with E-state index >= 15 is 0 Å². The van der Waals surface area contributed by atoms with Crippen molar-refractivity contribution < 1.29 is 22.7 Å². The number of anilines is 2. The number of methoxy groups -OCH3 is 1. The summed E-state index contributed by atoms with van der Waals surface area (Å²) in [5.41, 5.74) is 2.74. The van der Waals surface area contributed by atoms with Gasteiger partial charge < -0.3 is 30.2 Å². The molecule has 7 nitrogen and oxygen atoms in total. The Balaban J connectivity index is 0.00000141. The van der Waals surface area contributed by atoms with Crippen molar-refractivity contribution in [3.63, 3.8) is 0 Å². The standard InChI is InChI=1S/C28H31F3N4O2.C2H7N/c1-3-34-14-11-21(12-15-34)33-24-7-4-8-26-23(24)17-22(35(26)19-28(29,30)31)6-5-13-32-25-10-9-20(18-36)16-27(25)37-2;1-3-2/h4,7-10,16-18,21,32-33H,3,11-15,19H2,1-2H3;3H,1-2H3. The third-order valence-electron chi connectivity index (χ3n) is 6.62. The maximum atomic E-state index is 13.5. The van der Waals surface area contributed by atoms with Crippen LogP contribution in [0.25, 0.3) is 10.9 Å². The molecule has 0 atom stereocenters. The lowest BCUT2D eigenvalue weighted by molar-refractivity contribution is -0.140. The van der Waals surface area contributed by atoms with Crippen LogP contribution in [0.3, 0.4) is 0 Å². The van der Waals surface area contributed by atoms with Gasteiger partial charge in [-0.1, -0.05) is 18.9 Å². The van der Waals surface area contributed by atoms with Crippen molar-refractivity contribution in [3.8, 4) is 17.6 Å². The van der Waals surface area contributed by atoms with Gasteiger partial charge >= 0.3 is 6.18 Å². The number of benzene rings is 2. The molecule has 1 saturated heterocycles. The van der Waals surface area contributed by atoms with Crippen molar-refractivity contribution in [2.24, 2.45) is 0 Å². The van der Waals surface area contributed by atoms with E-state index in [9.17, 15) is 18.0 Å². The lowest BCUT2D eigenvalue weighted by Crippen LogP contribution is -2.38. The first kappa shape index (κ1) is 30.9. The van der Waals surface area contributed by atoms with E-state index in [1.807, 2.05) is 20.2 Å². The first-order valence-corrected chi connectivity index (χ1v) is 13.3. The molecule has 2 heterocycles. The van der Waals surface area contributed by atoms with Gasteiger partial charge in [-0.25, -0.2) is 0 Å². The summed E-state index contributed by atoms with van der Waals surface area (Å²) in [6.07, 6.45) is -1.68. The summed E-state index contributed by atoms with van der Waals surface area (Å²) < 4.78 is 47.0. The minimum absolute atomic E-state index is 0.186. The number of nitrogens with one attached hydrogen (secondary N) is 3. The number of likely N-dealkylation sites (tertiary alicyclic amines) is 1. The summed E-state index contributed by atoms with van der Waals surface area (Å²) in [5, 5.41) is 10.1. The Morgan fingerprint density at radius 3 is 2.45 bits per heavy atom. The SMILES string of the molecule is CCN1CCC(Nc2cccc3c2cc(C#CCNc2ccc(C=O)cc2OC)n3CC(F)(F)F)CC1.CNC. The van der Waals surface area contributed by atoms with Crippen LogP contribution >= 0.6 is 0 Å². The van der Waals surface area contributed by atoms with E-state index in [4.69, 9.17) is 4.74 Å². The maximum Gasteiger partial charge on any atom is 0.406 e. The summed E-state index contributed by atoms with van der Waals surface area (Å²) in [7, 11) is 5.25. The second-order valence-corrected chi connectivity index (χ2v) is 9.56. The summed E-state index contributed by atoms with van der Waals surface area (Å²) in [4.78, 5) is 13.4. The number of halogens is 3. The Kier molecular flexibility index (Phi) is 11.3. The van der Waals surface area contributed by atoms with E-state index in [1.54, 1.807) is 36.4 Å². The molecule has 1 aliphatic heterocycles. The highest BCUT2D eigenvalue weighted by Gasteiger charge is 2.30. The number of aromatic nitrogens is 1. The third-order valence-corrected chi connectivity index (χ3v) is 6.62. The van der Waals surface area contributed by atoms with Crippen LogP contribution in [0.15, 0.2) is 42.5 Å². The molecule has 0 spiro atoms. The minimum atomic E-state index is -4.38. The lowest BCUT2D eigenvalue weighted by Gasteiger charge is -2.32. The molecule has 3 N–H and O–H groups in total. The second-order valence-electron chi connectivity index (χ2n) is 9.56. The Morgan fingerprint density at radius 1 is 1.10 bits per heavy atom. The number of alkyl halides is 3. The molecule has 0 bridgehead atoms. The number of hydrogen-bond acceptors (Lipinski definition) is 6. The fourth-order valence-electron chi connectivity index (χ4n) is 4.68. The molecular formula is C30H38F3N5O2. The van der Waals surface area contributed by atoms with Crippen molar-refractivity contribution >= 4 is 28.6 Å². The van der Waals surface area contributed by atoms with Gasteiger partial charge in [0.2, 0.25) is 0 Å². The zero-order valence-electron chi connectivity index (χ0n) is 23.5. The minimum Gasteiger partial charge on any atom is -0.495 e. The number of carbonyl (C=O) groups is 1. The van der Waals surface area contributed by atoms with E-state index in [0.717, 1.165) is 49.8 Å². The largest absolute Gasteiger partial charge is 0.495 e. The van der Waals surface area contributed by atoms with E-state index in [2.05, 4.69) is 39.6 Å². The van der Waals surface area contributed by atoms with Crippen LogP contribution in [0.4, 0.5) is 24.5 Å². The normalized spacial score (nSPS) is 14.1. The number of hydrogen-bond donors (Lipinski definition) is 3. The van der Waals surface area contributed by atoms with Crippen LogP contribution in [-0.4, -0.2) is 75.4 Å². The average Bonchev–Trinajstić information content (AvgIpc) is 3.28. The second kappa shape index (κ2) is 14.6. The molecule has 2 aromatic carbocycles. The third kappa shape index (κ3) is 8.41. The number of nitrogens with zero attached hydrogens (tertiary/aromatic N) is 2. The fraction of sp³-hybridized carbons (Fsp3) is 0.433. The topological polar surface area (TPSA) is 70.6 Å². The van der Waals surface area contributed by atoms with Crippen molar-refractivity contribution in [3.05, 3.63) is 53.7 Å². The maximum absolute atomic E-state index is 13.5. The van der Waals surface area contributed by atoms with Crippen molar-refractivity contribution in [2.45, 2.75) is 38.5 Å². The molecule has 0 unspecified atom stereocenters. The molecule has 4 rings (SSSR count). The molecule has 0 saturated carbocycles. The van der Waals surface area contributed by atoms with Gasteiger partial charge in [0.05, 0.1) is 30.6 Å². The summed E-state index contributed by atoms with van der Waals surface area (Å²) in [6.45, 7) is 4.25. The van der Waals surface area contributed by atoms with Crippen LogP contribution < -0.4 is 20.7 Å². The zero-order chi connectivity index (χ0) is 29.1. The van der Waals surface area contributed by atoms with Gasteiger partial charge in [0, 0.05) is 35.8 Å². The number of ether oxygens (including phenoxy) is 1. The quantitative estimate of drug-likeness (QED) is 0.261. The smallest absolute Gasteiger partial charge is 0.406 e. The van der Waals surface area contributed by atoms with Gasteiger partial charge in [0.25, 0.3) is 0 Å². The van der Waals surface area contributed by atoms with Crippen molar-refractivity contribution in [2.75, 3.05) is 58.0 Å². The lowest BCUT2D eigenvalue weighted by atomic mass is 10.0. The van der Waals surface area contributed by atoms with Gasteiger partial charge in [-0.05, 0) is 75.8 Å². The summed E-state index contributed by atoms with van der Waals surface area (Å²) in [5.74, 6) is 6.33. The zero-order valence-corrected chi connectivity index (χ0v) is 23.5. The highest BCUT2D eigenvalue weighted by atomic mass is 19.4. The van der Waals surface area contributed by atoms with Crippen molar-refractivity contribution in [1.29, 1.82) is 0 Å². The Hall–Kier alpha value is -3.68. The first-order chi connectivity index (χ1) is 19.2. The van der Waals surface area contributed by atoms with Gasteiger partial charge in [-0.2, -0.15) is 13.2 Å².